The predicted molar refractivity (Wildman–Crippen MR) is 110 cm³/mol. The van der Waals surface area contributed by atoms with Crippen LogP contribution < -0.4 is 4.74 Å². The zero-order valence-corrected chi connectivity index (χ0v) is 16.3. The standard InChI is InChI=1S/C22H23FN4O2/c1-3-20(26-21(24)17-5-7-18(23)8-6-17)16-10-12-27(13-11-16)22(28)29-19-9-4-15(2)25-14-19/h3-9,14,16,24H,1,10-13H2,2H3/b24-21?,26-20+. The van der Waals surface area contributed by atoms with Gasteiger partial charge in [0.05, 0.1) is 6.20 Å². The second kappa shape index (κ2) is 9.23. The molecule has 0 saturated carbocycles. The normalized spacial score (nSPS) is 15.1. The molecule has 3 rings (SSSR count). The van der Waals surface area contributed by atoms with E-state index in [-0.39, 0.29) is 17.6 Å². The van der Waals surface area contributed by atoms with Gasteiger partial charge in [-0.1, -0.05) is 6.58 Å². The Bertz CT molecular complexity index is 915. The number of carbonyl (C=O) groups is 1. The fraction of sp³-hybridized carbons (Fsp3) is 0.273. The number of hydrogen-bond donors (Lipinski definition) is 1. The van der Waals surface area contributed by atoms with Crippen LogP contribution in [0.15, 0.2) is 60.2 Å². The largest absolute Gasteiger partial charge is 0.415 e. The summed E-state index contributed by atoms with van der Waals surface area (Å²) in [7, 11) is 0. The van der Waals surface area contributed by atoms with Crippen molar-refractivity contribution in [2.75, 3.05) is 13.1 Å². The van der Waals surface area contributed by atoms with E-state index in [1.807, 2.05) is 6.92 Å². The summed E-state index contributed by atoms with van der Waals surface area (Å²) in [5.41, 5.74) is 2.10. The lowest BCUT2D eigenvalue weighted by atomic mass is 9.92. The second-order valence-corrected chi connectivity index (χ2v) is 6.86. The third-order valence-electron chi connectivity index (χ3n) is 4.83. The van der Waals surface area contributed by atoms with Crippen LogP contribution in [0.4, 0.5) is 9.18 Å². The van der Waals surface area contributed by atoms with Gasteiger partial charge in [0, 0.05) is 36.0 Å². The summed E-state index contributed by atoms with van der Waals surface area (Å²) in [5.74, 6) is 0.228. The van der Waals surface area contributed by atoms with Crippen molar-refractivity contribution in [3.8, 4) is 5.75 Å². The van der Waals surface area contributed by atoms with Crippen molar-refractivity contribution in [3.05, 3.63) is 72.3 Å². The molecule has 0 radical (unpaired) electrons. The summed E-state index contributed by atoms with van der Waals surface area (Å²) >= 11 is 0. The molecule has 0 spiro atoms. The Morgan fingerprint density at radius 3 is 2.55 bits per heavy atom. The molecule has 6 nitrogen and oxygen atoms in total. The van der Waals surface area contributed by atoms with Gasteiger partial charge >= 0.3 is 6.09 Å². The number of nitrogens with one attached hydrogen (secondary N) is 1. The van der Waals surface area contributed by atoms with E-state index in [1.165, 1.54) is 30.5 Å². The molecular weight excluding hydrogens is 371 g/mol. The third-order valence-corrected chi connectivity index (χ3v) is 4.83. The van der Waals surface area contributed by atoms with E-state index in [0.717, 1.165) is 5.69 Å². The van der Waals surface area contributed by atoms with Crippen LogP contribution in [0, 0.1) is 24.1 Å². The number of nitrogens with zero attached hydrogens (tertiary/aromatic N) is 3. The Labute approximate surface area is 169 Å². The van der Waals surface area contributed by atoms with Gasteiger partial charge in [0.1, 0.15) is 5.82 Å². The number of pyridine rings is 1. The van der Waals surface area contributed by atoms with E-state index in [2.05, 4.69) is 16.6 Å². The highest BCUT2D eigenvalue weighted by atomic mass is 19.1. The van der Waals surface area contributed by atoms with Crippen molar-refractivity contribution in [1.29, 1.82) is 5.41 Å². The summed E-state index contributed by atoms with van der Waals surface area (Å²) in [6.07, 6.45) is 4.18. The van der Waals surface area contributed by atoms with Crippen molar-refractivity contribution in [1.82, 2.24) is 9.88 Å². The van der Waals surface area contributed by atoms with Crippen LogP contribution >= 0.6 is 0 Å². The number of amidine groups is 1. The molecule has 0 atom stereocenters. The number of ether oxygens (including phenoxy) is 1. The minimum absolute atomic E-state index is 0.0635. The molecule has 1 aliphatic heterocycles. The highest BCUT2D eigenvalue weighted by Crippen LogP contribution is 2.21. The van der Waals surface area contributed by atoms with Gasteiger partial charge in [-0.25, -0.2) is 14.2 Å². The number of aliphatic imine (C=N–C) groups is 1. The van der Waals surface area contributed by atoms with Gasteiger partial charge in [-0.05, 0) is 62.2 Å². The fourth-order valence-corrected chi connectivity index (χ4v) is 3.14. The van der Waals surface area contributed by atoms with Crippen LogP contribution in [0.25, 0.3) is 0 Å². The SMILES string of the molecule is C=C/C(=N\C(=N)c1ccc(F)cc1)C1CCN(C(=O)Oc2ccc(C)nc2)CC1. The number of piperidine rings is 1. The van der Waals surface area contributed by atoms with Crippen LogP contribution in [0.2, 0.25) is 0 Å². The van der Waals surface area contributed by atoms with Crippen LogP contribution in [0.3, 0.4) is 0 Å². The Kier molecular flexibility index (Phi) is 6.49. The molecule has 0 aliphatic carbocycles. The van der Waals surface area contributed by atoms with E-state index in [0.29, 0.717) is 43.0 Å². The third kappa shape index (κ3) is 5.34. The van der Waals surface area contributed by atoms with Gasteiger partial charge in [-0.15, -0.1) is 0 Å². The van der Waals surface area contributed by atoms with Gasteiger partial charge in [-0.2, -0.15) is 0 Å². The Morgan fingerprint density at radius 1 is 1.28 bits per heavy atom. The van der Waals surface area contributed by atoms with Gasteiger partial charge < -0.3 is 9.64 Å². The molecule has 7 heteroatoms. The Balaban J connectivity index is 1.58. The summed E-state index contributed by atoms with van der Waals surface area (Å²) in [4.78, 5) is 22.5. The molecule has 2 heterocycles. The van der Waals surface area contributed by atoms with E-state index < -0.39 is 6.09 Å². The number of aryl methyl sites for hydroxylation is 1. The quantitative estimate of drug-likeness (QED) is 0.617. The molecule has 1 N–H and O–H groups in total. The van der Waals surface area contributed by atoms with Crippen molar-refractivity contribution in [2.24, 2.45) is 10.9 Å². The zero-order valence-electron chi connectivity index (χ0n) is 16.3. The predicted octanol–water partition coefficient (Wildman–Crippen LogP) is 4.39. The summed E-state index contributed by atoms with van der Waals surface area (Å²) in [5, 5.41) is 8.15. The molecule has 29 heavy (non-hydrogen) atoms. The average Bonchev–Trinajstić information content (AvgIpc) is 2.74. The molecule has 1 aromatic carbocycles. The molecule has 1 aliphatic rings. The smallest absolute Gasteiger partial charge is 0.409 e. The molecule has 2 aromatic rings. The summed E-state index contributed by atoms with van der Waals surface area (Å²) < 4.78 is 18.4. The number of aromatic nitrogens is 1. The number of carbonyl (C=O) groups excluding carboxylic acids is 1. The van der Waals surface area contributed by atoms with Crippen molar-refractivity contribution in [2.45, 2.75) is 19.8 Å². The van der Waals surface area contributed by atoms with Gasteiger partial charge in [0.25, 0.3) is 0 Å². The van der Waals surface area contributed by atoms with E-state index in [4.69, 9.17) is 10.1 Å². The minimum Gasteiger partial charge on any atom is -0.409 e. The Hall–Kier alpha value is -3.35. The summed E-state index contributed by atoms with van der Waals surface area (Å²) in [6, 6.07) is 9.18. The molecule has 1 aromatic heterocycles. The number of benzene rings is 1. The van der Waals surface area contributed by atoms with Crippen LogP contribution in [0.5, 0.6) is 5.75 Å². The van der Waals surface area contributed by atoms with Crippen molar-refractivity contribution in [3.63, 3.8) is 0 Å². The lowest BCUT2D eigenvalue weighted by molar-refractivity contribution is 0.138. The first-order valence-corrected chi connectivity index (χ1v) is 9.41. The highest BCUT2D eigenvalue weighted by molar-refractivity contribution is 6.09. The number of likely N-dealkylation sites (tertiary alicyclic amines) is 1. The van der Waals surface area contributed by atoms with Crippen molar-refractivity contribution >= 4 is 17.6 Å². The first kappa shape index (κ1) is 20.4. The van der Waals surface area contributed by atoms with E-state index in [9.17, 15) is 9.18 Å². The lowest BCUT2D eigenvalue weighted by Crippen LogP contribution is -2.41. The summed E-state index contributed by atoms with van der Waals surface area (Å²) in [6.45, 7) is 6.74. The molecule has 150 valence electrons. The fourth-order valence-electron chi connectivity index (χ4n) is 3.14. The molecule has 0 unspecified atom stereocenters. The second-order valence-electron chi connectivity index (χ2n) is 6.86. The Morgan fingerprint density at radius 2 is 1.97 bits per heavy atom. The first-order chi connectivity index (χ1) is 14.0. The number of rotatable bonds is 4. The lowest BCUT2D eigenvalue weighted by Gasteiger charge is -2.31. The maximum absolute atomic E-state index is 13.1. The topological polar surface area (TPSA) is 78.6 Å². The number of amides is 1. The van der Waals surface area contributed by atoms with Crippen LogP contribution in [-0.2, 0) is 0 Å². The monoisotopic (exact) mass is 394 g/mol. The number of allylic oxidation sites excluding steroid dienone is 1. The van der Waals surface area contributed by atoms with E-state index in [1.54, 1.807) is 23.1 Å². The maximum Gasteiger partial charge on any atom is 0.415 e. The van der Waals surface area contributed by atoms with Crippen molar-refractivity contribution < 1.29 is 13.9 Å². The van der Waals surface area contributed by atoms with E-state index >= 15 is 0 Å². The van der Waals surface area contributed by atoms with Gasteiger partial charge in [0.2, 0.25) is 0 Å². The van der Waals surface area contributed by atoms with Gasteiger partial charge in [0.15, 0.2) is 11.6 Å². The molecule has 0 bridgehead atoms. The molecule has 1 saturated heterocycles. The first-order valence-electron chi connectivity index (χ1n) is 9.41. The highest BCUT2D eigenvalue weighted by Gasteiger charge is 2.26. The van der Waals surface area contributed by atoms with Gasteiger partial charge in [-0.3, -0.25) is 10.4 Å². The molecular formula is C22H23FN4O2. The number of halogens is 1. The maximum atomic E-state index is 13.1. The minimum atomic E-state index is -0.398. The average molecular weight is 394 g/mol. The number of hydrogen-bond acceptors (Lipinski definition) is 4. The zero-order chi connectivity index (χ0) is 20.8. The molecule has 1 amide bonds. The van der Waals surface area contributed by atoms with Crippen LogP contribution in [-0.4, -0.2) is 40.6 Å². The van der Waals surface area contributed by atoms with Crippen LogP contribution in [0.1, 0.15) is 24.1 Å². The molecule has 1 fully saturated rings.